The Labute approximate surface area is 104 Å². The van der Waals surface area contributed by atoms with E-state index in [0.29, 0.717) is 5.82 Å². The van der Waals surface area contributed by atoms with Crippen LogP contribution in [0.5, 0.6) is 5.75 Å². The van der Waals surface area contributed by atoms with Gasteiger partial charge in [-0.2, -0.15) is 5.10 Å². The van der Waals surface area contributed by atoms with E-state index in [-0.39, 0.29) is 5.75 Å². The third-order valence-corrected chi connectivity index (χ3v) is 2.66. The van der Waals surface area contributed by atoms with Crippen molar-refractivity contribution in [1.29, 1.82) is 0 Å². The number of rotatable bonds is 2. The van der Waals surface area contributed by atoms with E-state index >= 15 is 0 Å². The van der Waals surface area contributed by atoms with Crippen LogP contribution in [0.3, 0.4) is 0 Å². The number of hydrogen-bond acceptors (Lipinski definition) is 3. The van der Waals surface area contributed by atoms with Gasteiger partial charge in [0.2, 0.25) is 0 Å². The van der Waals surface area contributed by atoms with Gasteiger partial charge in [0, 0.05) is 11.1 Å². The number of H-pyrrole nitrogens is 1. The summed E-state index contributed by atoms with van der Waals surface area (Å²) in [6, 6.07) is 16.6. The van der Waals surface area contributed by atoms with Crippen molar-refractivity contribution < 1.29 is 5.11 Å². The summed E-state index contributed by atoms with van der Waals surface area (Å²) in [4.78, 5) is 4.43. The molecule has 0 fully saturated rings. The Morgan fingerprint density at radius 3 is 2.28 bits per heavy atom. The van der Waals surface area contributed by atoms with Crippen LogP contribution in [0.25, 0.3) is 22.8 Å². The van der Waals surface area contributed by atoms with Gasteiger partial charge in [0.15, 0.2) is 11.6 Å². The number of aromatic nitrogens is 3. The molecule has 3 rings (SSSR count). The minimum atomic E-state index is 0.234. The van der Waals surface area contributed by atoms with E-state index in [1.165, 1.54) is 0 Å². The number of hydrogen-bond donors (Lipinski definition) is 2. The van der Waals surface area contributed by atoms with Crippen molar-refractivity contribution in [3.8, 4) is 28.5 Å². The number of aromatic hydroxyl groups is 1. The van der Waals surface area contributed by atoms with Crippen molar-refractivity contribution >= 4 is 0 Å². The molecule has 2 aromatic carbocycles. The van der Waals surface area contributed by atoms with E-state index in [2.05, 4.69) is 15.2 Å². The molecule has 3 aromatic rings. The molecular formula is C14H11N3O. The average Bonchev–Trinajstić information content (AvgIpc) is 2.90. The van der Waals surface area contributed by atoms with Crippen LogP contribution in [0.2, 0.25) is 0 Å². The molecule has 0 saturated carbocycles. The molecule has 0 atom stereocenters. The first-order valence-electron chi connectivity index (χ1n) is 5.60. The Bertz CT molecular complexity index is 644. The second kappa shape index (κ2) is 4.33. The first kappa shape index (κ1) is 10.5. The summed E-state index contributed by atoms with van der Waals surface area (Å²) in [5.41, 5.74) is 1.86. The highest BCUT2D eigenvalue weighted by atomic mass is 16.3. The van der Waals surface area contributed by atoms with Crippen molar-refractivity contribution in [2.24, 2.45) is 0 Å². The fraction of sp³-hybridized carbons (Fsp3) is 0. The fourth-order valence-corrected chi connectivity index (χ4v) is 1.73. The van der Waals surface area contributed by atoms with Crippen LogP contribution >= 0.6 is 0 Å². The zero-order valence-corrected chi connectivity index (χ0v) is 9.54. The Morgan fingerprint density at radius 1 is 0.833 bits per heavy atom. The van der Waals surface area contributed by atoms with Gasteiger partial charge >= 0.3 is 0 Å². The number of nitrogens with zero attached hydrogens (tertiary/aromatic N) is 2. The van der Waals surface area contributed by atoms with Crippen LogP contribution in [-0.2, 0) is 0 Å². The molecule has 1 heterocycles. The second-order valence-electron chi connectivity index (χ2n) is 3.92. The van der Waals surface area contributed by atoms with E-state index in [0.717, 1.165) is 17.0 Å². The van der Waals surface area contributed by atoms with Crippen molar-refractivity contribution in [2.75, 3.05) is 0 Å². The molecule has 0 spiro atoms. The lowest BCUT2D eigenvalue weighted by Crippen LogP contribution is -1.80. The summed E-state index contributed by atoms with van der Waals surface area (Å²) >= 11 is 0. The van der Waals surface area contributed by atoms with Crippen LogP contribution in [0.4, 0.5) is 0 Å². The Hall–Kier alpha value is -2.62. The molecule has 0 radical (unpaired) electrons. The molecule has 0 bridgehead atoms. The lowest BCUT2D eigenvalue weighted by molar-refractivity contribution is 0.475. The summed E-state index contributed by atoms with van der Waals surface area (Å²) in [5, 5.41) is 16.3. The predicted molar refractivity (Wildman–Crippen MR) is 68.9 cm³/mol. The zero-order valence-electron chi connectivity index (χ0n) is 9.54. The van der Waals surface area contributed by atoms with Crippen LogP contribution in [-0.4, -0.2) is 20.3 Å². The first-order valence-corrected chi connectivity index (χ1v) is 5.60. The monoisotopic (exact) mass is 237 g/mol. The van der Waals surface area contributed by atoms with Crippen LogP contribution in [0.1, 0.15) is 0 Å². The maximum atomic E-state index is 9.24. The number of phenols is 1. The van der Waals surface area contributed by atoms with E-state index < -0.39 is 0 Å². The third-order valence-electron chi connectivity index (χ3n) is 2.66. The molecule has 4 nitrogen and oxygen atoms in total. The van der Waals surface area contributed by atoms with Crippen LogP contribution in [0.15, 0.2) is 54.6 Å². The smallest absolute Gasteiger partial charge is 0.181 e. The third kappa shape index (κ3) is 1.96. The molecule has 1 aromatic heterocycles. The minimum Gasteiger partial charge on any atom is -0.508 e. The quantitative estimate of drug-likeness (QED) is 0.720. The van der Waals surface area contributed by atoms with Gasteiger partial charge in [-0.1, -0.05) is 30.3 Å². The molecule has 18 heavy (non-hydrogen) atoms. The second-order valence-corrected chi connectivity index (χ2v) is 3.92. The van der Waals surface area contributed by atoms with Gasteiger partial charge < -0.3 is 5.11 Å². The van der Waals surface area contributed by atoms with Gasteiger partial charge in [-0.05, 0) is 24.3 Å². The molecule has 88 valence electrons. The van der Waals surface area contributed by atoms with Crippen LogP contribution in [0, 0.1) is 0 Å². The highest BCUT2D eigenvalue weighted by Gasteiger charge is 2.06. The summed E-state index contributed by atoms with van der Waals surface area (Å²) in [5.74, 6) is 1.59. The molecule has 0 amide bonds. The standard InChI is InChI=1S/C14H11N3O/c18-12-8-6-11(7-9-12)14-15-13(16-17-14)10-4-2-1-3-5-10/h1-9,18H,(H,15,16,17). The van der Waals surface area contributed by atoms with Crippen molar-refractivity contribution in [1.82, 2.24) is 15.2 Å². The van der Waals surface area contributed by atoms with Crippen molar-refractivity contribution in [2.45, 2.75) is 0 Å². The van der Waals surface area contributed by atoms with Crippen molar-refractivity contribution in [3.63, 3.8) is 0 Å². The molecule has 0 aliphatic rings. The molecule has 0 aliphatic carbocycles. The van der Waals surface area contributed by atoms with E-state index in [9.17, 15) is 5.11 Å². The van der Waals surface area contributed by atoms with E-state index in [1.54, 1.807) is 24.3 Å². The van der Waals surface area contributed by atoms with E-state index in [4.69, 9.17) is 0 Å². The van der Waals surface area contributed by atoms with Gasteiger partial charge in [0.05, 0.1) is 0 Å². The Balaban J connectivity index is 1.97. The largest absolute Gasteiger partial charge is 0.508 e. The lowest BCUT2D eigenvalue weighted by atomic mass is 10.2. The molecule has 4 heteroatoms. The minimum absolute atomic E-state index is 0.234. The van der Waals surface area contributed by atoms with Crippen molar-refractivity contribution in [3.05, 3.63) is 54.6 Å². The number of phenolic OH excluding ortho intramolecular Hbond substituents is 1. The molecule has 0 saturated heterocycles. The average molecular weight is 237 g/mol. The van der Waals surface area contributed by atoms with Gasteiger partial charge in [0.25, 0.3) is 0 Å². The maximum absolute atomic E-state index is 9.24. The van der Waals surface area contributed by atoms with Crippen LogP contribution < -0.4 is 0 Å². The topological polar surface area (TPSA) is 61.8 Å². The van der Waals surface area contributed by atoms with Gasteiger partial charge in [-0.25, -0.2) is 4.98 Å². The van der Waals surface area contributed by atoms with Gasteiger partial charge in [0.1, 0.15) is 5.75 Å². The first-order chi connectivity index (χ1) is 8.83. The summed E-state index contributed by atoms with van der Waals surface area (Å²) < 4.78 is 0. The fourth-order valence-electron chi connectivity index (χ4n) is 1.73. The normalized spacial score (nSPS) is 10.4. The Kier molecular flexibility index (Phi) is 2.53. The summed E-state index contributed by atoms with van der Waals surface area (Å²) in [7, 11) is 0. The molecule has 0 unspecified atom stereocenters. The Morgan fingerprint density at radius 2 is 1.56 bits per heavy atom. The number of aromatic amines is 1. The molecule has 0 aliphatic heterocycles. The van der Waals surface area contributed by atoms with Gasteiger partial charge in [-0.15, -0.1) is 0 Å². The summed E-state index contributed by atoms with van der Waals surface area (Å²) in [6.45, 7) is 0. The molecule has 2 N–H and O–H groups in total. The lowest BCUT2D eigenvalue weighted by Gasteiger charge is -1.95. The number of benzene rings is 2. The van der Waals surface area contributed by atoms with Gasteiger partial charge in [-0.3, -0.25) is 5.10 Å². The maximum Gasteiger partial charge on any atom is 0.181 e. The predicted octanol–water partition coefficient (Wildman–Crippen LogP) is 2.84. The zero-order chi connectivity index (χ0) is 12.4. The molecular weight excluding hydrogens is 226 g/mol. The summed E-state index contributed by atoms with van der Waals surface area (Å²) in [6.07, 6.45) is 0. The van der Waals surface area contributed by atoms with E-state index in [1.807, 2.05) is 30.3 Å². The number of nitrogens with one attached hydrogen (secondary N) is 1. The SMILES string of the molecule is Oc1ccc(-c2n[nH]c(-c3ccccc3)n2)cc1. The highest BCUT2D eigenvalue weighted by molar-refractivity contribution is 5.61. The highest BCUT2D eigenvalue weighted by Crippen LogP contribution is 2.21.